The van der Waals surface area contributed by atoms with Crippen LogP contribution in [0.2, 0.25) is 0 Å². The number of hydrogen-bond donors (Lipinski definition) is 0. The molecule has 3 nitrogen and oxygen atoms in total. The lowest BCUT2D eigenvalue weighted by atomic mass is 9.90. The van der Waals surface area contributed by atoms with Crippen LogP contribution in [0.15, 0.2) is 198 Å². The zero-order chi connectivity index (χ0) is 35.1. The molecule has 0 atom stereocenters. The first-order valence-corrected chi connectivity index (χ1v) is 18.6. The molecular formula is C49H31N3S. The van der Waals surface area contributed by atoms with Crippen molar-refractivity contribution in [2.45, 2.75) is 9.79 Å². The third-order valence-corrected chi connectivity index (χ3v) is 11.1. The third-order valence-electron chi connectivity index (χ3n) is 9.94. The highest BCUT2D eigenvalue weighted by Crippen LogP contribution is 2.49. The summed E-state index contributed by atoms with van der Waals surface area (Å²) in [5, 5.41) is 2.60. The summed E-state index contributed by atoms with van der Waals surface area (Å²) in [5.41, 5.74) is 12.4. The van der Waals surface area contributed by atoms with Crippen LogP contribution in [0.5, 0.6) is 0 Å². The van der Waals surface area contributed by atoms with E-state index in [1.54, 1.807) is 0 Å². The monoisotopic (exact) mass is 693 g/mol. The van der Waals surface area contributed by atoms with Gasteiger partial charge in [0.25, 0.3) is 0 Å². The predicted octanol–water partition coefficient (Wildman–Crippen LogP) is 13.2. The van der Waals surface area contributed by atoms with E-state index in [0.717, 1.165) is 33.4 Å². The van der Waals surface area contributed by atoms with Gasteiger partial charge in [0, 0.05) is 31.9 Å². The predicted molar refractivity (Wildman–Crippen MR) is 220 cm³/mol. The Morgan fingerprint density at radius 1 is 0.283 bits per heavy atom. The molecule has 0 amide bonds. The van der Waals surface area contributed by atoms with Crippen molar-refractivity contribution in [1.82, 2.24) is 15.0 Å². The molecule has 0 unspecified atom stereocenters. The molecule has 0 saturated carbocycles. The molecule has 4 heteroatoms. The van der Waals surface area contributed by atoms with E-state index >= 15 is 0 Å². The van der Waals surface area contributed by atoms with E-state index in [1.807, 2.05) is 48.2 Å². The summed E-state index contributed by atoms with van der Waals surface area (Å²) in [4.78, 5) is 17.7. The topological polar surface area (TPSA) is 38.7 Å². The first-order chi connectivity index (χ1) is 26.2. The van der Waals surface area contributed by atoms with Gasteiger partial charge in [0.05, 0.1) is 0 Å². The molecule has 0 aliphatic carbocycles. The second-order valence-corrected chi connectivity index (χ2v) is 14.3. The fraction of sp³-hybridized carbons (Fsp3) is 0. The molecule has 0 bridgehead atoms. The Morgan fingerprint density at radius 3 is 1.49 bits per heavy atom. The Balaban J connectivity index is 1.04. The average molecular weight is 694 g/mol. The fourth-order valence-electron chi connectivity index (χ4n) is 7.33. The Hall–Kier alpha value is -6.62. The minimum atomic E-state index is 0.639. The SMILES string of the molecule is c1ccc(-c2ccc(-c3nc(-c4ccccc4)nc(-c4cccc(-c5cccc(-c6ccc7c8c(cccc68)Sc6ccccc6-7)c5)c4)n3)cc2)cc1. The second-order valence-electron chi connectivity index (χ2n) is 13.2. The van der Waals surface area contributed by atoms with Crippen molar-refractivity contribution in [1.29, 1.82) is 0 Å². The van der Waals surface area contributed by atoms with Crippen molar-refractivity contribution >= 4 is 22.5 Å². The van der Waals surface area contributed by atoms with Gasteiger partial charge in [-0.2, -0.15) is 0 Å². The Morgan fingerprint density at radius 2 is 0.755 bits per heavy atom. The van der Waals surface area contributed by atoms with Crippen LogP contribution in [0.1, 0.15) is 0 Å². The van der Waals surface area contributed by atoms with Gasteiger partial charge in [0.1, 0.15) is 0 Å². The van der Waals surface area contributed by atoms with Crippen molar-refractivity contribution < 1.29 is 0 Å². The van der Waals surface area contributed by atoms with Gasteiger partial charge >= 0.3 is 0 Å². The molecule has 248 valence electrons. The van der Waals surface area contributed by atoms with Crippen LogP contribution < -0.4 is 0 Å². The highest BCUT2D eigenvalue weighted by atomic mass is 32.2. The summed E-state index contributed by atoms with van der Waals surface area (Å²) < 4.78 is 0. The van der Waals surface area contributed by atoms with Gasteiger partial charge in [-0.1, -0.05) is 176 Å². The van der Waals surface area contributed by atoms with Crippen LogP contribution in [-0.2, 0) is 0 Å². The summed E-state index contributed by atoms with van der Waals surface area (Å²) in [6.45, 7) is 0. The number of rotatable bonds is 6. The first-order valence-electron chi connectivity index (χ1n) is 17.8. The van der Waals surface area contributed by atoms with E-state index in [4.69, 9.17) is 15.0 Å². The normalized spacial score (nSPS) is 11.7. The van der Waals surface area contributed by atoms with Gasteiger partial charge in [-0.25, -0.2) is 15.0 Å². The molecule has 2 heterocycles. The molecule has 1 aromatic heterocycles. The zero-order valence-corrected chi connectivity index (χ0v) is 29.5. The Kier molecular flexibility index (Phi) is 7.74. The maximum absolute atomic E-state index is 5.06. The third kappa shape index (κ3) is 5.80. The quantitative estimate of drug-likeness (QED) is 0.174. The smallest absolute Gasteiger partial charge is 0.164 e. The molecule has 0 spiro atoms. The van der Waals surface area contributed by atoms with Crippen molar-refractivity contribution in [2.75, 3.05) is 0 Å². The minimum absolute atomic E-state index is 0.639. The molecular weight excluding hydrogens is 663 g/mol. The molecule has 10 rings (SSSR count). The summed E-state index contributed by atoms with van der Waals surface area (Å²) in [5.74, 6) is 1.93. The second kappa shape index (κ2) is 13.2. The summed E-state index contributed by atoms with van der Waals surface area (Å²) >= 11 is 1.86. The Bertz CT molecular complexity index is 2800. The van der Waals surface area contributed by atoms with Gasteiger partial charge in [-0.3, -0.25) is 0 Å². The molecule has 9 aromatic rings. The molecule has 1 aliphatic rings. The molecule has 53 heavy (non-hydrogen) atoms. The van der Waals surface area contributed by atoms with Crippen LogP contribution >= 0.6 is 11.8 Å². The lowest BCUT2D eigenvalue weighted by Crippen LogP contribution is -2.00. The molecule has 1 aliphatic heterocycles. The molecule has 8 aromatic carbocycles. The van der Waals surface area contributed by atoms with E-state index in [2.05, 4.69) is 152 Å². The van der Waals surface area contributed by atoms with E-state index in [0.29, 0.717) is 17.5 Å². The lowest BCUT2D eigenvalue weighted by Gasteiger charge is -2.21. The molecule has 0 fully saturated rings. The minimum Gasteiger partial charge on any atom is -0.208 e. The van der Waals surface area contributed by atoms with Gasteiger partial charge in [-0.05, 0) is 74.2 Å². The van der Waals surface area contributed by atoms with Crippen LogP contribution in [0.25, 0.3) is 89.4 Å². The number of nitrogens with zero attached hydrogens (tertiary/aromatic N) is 3. The van der Waals surface area contributed by atoms with Crippen LogP contribution in [0.3, 0.4) is 0 Å². The van der Waals surface area contributed by atoms with Crippen molar-refractivity contribution in [3.63, 3.8) is 0 Å². The van der Waals surface area contributed by atoms with E-state index in [1.165, 1.54) is 48.4 Å². The largest absolute Gasteiger partial charge is 0.208 e. The summed E-state index contributed by atoms with van der Waals surface area (Å²) in [6, 6.07) is 66.4. The zero-order valence-electron chi connectivity index (χ0n) is 28.6. The van der Waals surface area contributed by atoms with E-state index < -0.39 is 0 Å². The maximum Gasteiger partial charge on any atom is 0.164 e. The van der Waals surface area contributed by atoms with Crippen molar-refractivity contribution in [3.05, 3.63) is 188 Å². The highest BCUT2D eigenvalue weighted by molar-refractivity contribution is 7.99. The number of benzene rings is 8. The number of hydrogen-bond acceptors (Lipinski definition) is 4. The molecule has 0 saturated heterocycles. The van der Waals surface area contributed by atoms with Gasteiger partial charge < -0.3 is 0 Å². The van der Waals surface area contributed by atoms with Gasteiger partial charge in [0.15, 0.2) is 17.5 Å². The molecule has 0 radical (unpaired) electrons. The summed E-state index contributed by atoms with van der Waals surface area (Å²) in [7, 11) is 0. The fourth-order valence-corrected chi connectivity index (χ4v) is 8.47. The number of fused-ring (bicyclic) bond motifs is 2. The lowest BCUT2D eigenvalue weighted by molar-refractivity contribution is 1.07. The van der Waals surface area contributed by atoms with Gasteiger partial charge in [-0.15, -0.1) is 0 Å². The van der Waals surface area contributed by atoms with Crippen LogP contribution in [0, 0.1) is 0 Å². The van der Waals surface area contributed by atoms with Crippen molar-refractivity contribution in [3.8, 4) is 78.7 Å². The van der Waals surface area contributed by atoms with E-state index in [-0.39, 0.29) is 0 Å². The van der Waals surface area contributed by atoms with Gasteiger partial charge in [0.2, 0.25) is 0 Å². The maximum atomic E-state index is 5.06. The van der Waals surface area contributed by atoms with E-state index in [9.17, 15) is 0 Å². The standard InChI is InChI=1S/C49H31N3S/c1-3-12-32(13-4-1)33-24-26-35(27-25-33)48-50-47(34-14-5-2-6-15-34)51-49(52-48)39-19-10-17-37(31-39)36-16-9-18-38(30-36)40-28-29-43-41-20-7-8-22-44(41)53-45-23-11-21-42(40)46(43)45/h1-31H. The molecule has 0 N–H and O–H groups in total. The summed E-state index contributed by atoms with van der Waals surface area (Å²) in [6.07, 6.45) is 0. The van der Waals surface area contributed by atoms with Crippen molar-refractivity contribution in [2.24, 2.45) is 0 Å². The average Bonchev–Trinajstić information content (AvgIpc) is 3.24. The Labute approximate surface area is 312 Å². The van der Waals surface area contributed by atoms with Crippen LogP contribution in [0.4, 0.5) is 0 Å². The highest BCUT2D eigenvalue weighted by Gasteiger charge is 2.21. The number of aromatic nitrogens is 3. The van der Waals surface area contributed by atoms with Crippen LogP contribution in [-0.4, -0.2) is 15.0 Å². The first kappa shape index (κ1) is 31.1.